The summed E-state index contributed by atoms with van der Waals surface area (Å²) in [4.78, 5) is 4.00. The molecule has 0 aromatic carbocycles. The summed E-state index contributed by atoms with van der Waals surface area (Å²) in [6.45, 7) is 2.01. The minimum absolute atomic E-state index is 0.0641. The largest absolute Gasteiger partial charge is 0.377 e. The Kier molecular flexibility index (Phi) is 4.15. The fraction of sp³-hybridized carbons (Fsp3) is 0.182. The molecule has 0 aliphatic rings. The second kappa shape index (κ2) is 5.44. The standard InChI is InChI=1S/C11H9Cl3N2S/c1-6(8-4-10(13)17-11(8)14)16-7-2-3-9(12)15-5-7/h2-6,16H,1H3. The van der Waals surface area contributed by atoms with Gasteiger partial charge in [0.1, 0.15) is 5.15 Å². The number of pyridine rings is 1. The molecular formula is C11H9Cl3N2S. The minimum Gasteiger partial charge on any atom is -0.377 e. The zero-order chi connectivity index (χ0) is 12.4. The van der Waals surface area contributed by atoms with Crippen LogP contribution in [0.3, 0.4) is 0 Å². The molecule has 17 heavy (non-hydrogen) atoms. The molecule has 90 valence electrons. The van der Waals surface area contributed by atoms with Crippen LogP contribution in [0.15, 0.2) is 24.4 Å². The Morgan fingerprint density at radius 1 is 1.29 bits per heavy atom. The average Bonchev–Trinajstić information content (AvgIpc) is 2.61. The van der Waals surface area contributed by atoms with Crippen LogP contribution in [-0.4, -0.2) is 4.98 Å². The van der Waals surface area contributed by atoms with Gasteiger partial charge >= 0.3 is 0 Å². The Bertz CT molecular complexity index is 510. The highest BCUT2D eigenvalue weighted by molar-refractivity contribution is 7.20. The van der Waals surface area contributed by atoms with E-state index in [-0.39, 0.29) is 6.04 Å². The van der Waals surface area contributed by atoms with Gasteiger partial charge in [-0.05, 0) is 25.1 Å². The Balaban J connectivity index is 2.14. The Morgan fingerprint density at radius 3 is 2.59 bits per heavy atom. The lowest BCUT2D eigenvalue weighted by molar-refractivity contribution is 0.889. The Morgan fingerprint density at radius 2 is 2.06 bits per heavy atom. The van der Waals surface area contributed by atoms with Gasteiger partial charge in [-0.25, -0.2) is 4.98 Å². The lowest BCUT2D eigenvalue weighted by atomic mass is 10.2. The van der Waals surface area contributed by atoms with Gasteiger partial charge in [0.15, 0.2) is 0 Å². The monoisotopic (exact) mass is 306 g/mol. The van der Waals surface area contributed by atoms with E-state index in [4.69, 9.17) is 34.8 Å². The third kappa shape index (κ3) is 3.26. The van der Waals surface area contributed by atoms with E-state index in [2.05, 4.69) is 10.3 Å². The first kappa shape index (κ1) is 13.0. The predicted molar refractivity (Wildman–Crippen MR) is 75.6 cm³/mol. The van der Waals surface area contributed by atoms with Crippen molar-refractivity contribution in [3.63, 3.8) is 0 Å². The lowest BCUT2D eigenvalue weighted by Crippen LogP contribution is -2.06. The molecular weight excluding hydrogens is 299 g/mol. The average molecular weight is 308 g/mol. The van der Waals surface area contributed by atoms with Crippen LogP contribution in [0.25, 0.3) is 0 Å². The third-order valence-corrected chi connectivity index (χ3v) is 4.00. The van der Waals surface area contributed by atoms with E-state index < -0.39 is 0 Å². The zero-order valence-electron chi connectivity index (χ0n) is 8.88. The van der Waals surface area contributed by atoms with E-state index in [0.717, 1.165) is 11.3 Å². The fourth-order valence-corrected chi connectivity index (χ4v) is 3.19. The number of rotatable bonds is 3. The molecule has 0 saturated heterocycles. The molecule has 2 rings (SSSR count). The number of nitrogens with zero attached hydrogens (tertiary/aromatic N) is 1. The van der Waals surface area contributed by atoms with Gasteiger partial charge < -0.3 is 5.32 Å². The van der Waals surface area contributed by atoms with Crippen LogP contribution in [0.2, 0.25) is 13.8 Å². The summed E-state index contributed by atoms with van der Waals surface area (Å²) in [6, 6.07) is 5.54. The molecule has 0 aliphatic heterocycles. The van der Waals surface area contributed by atoms with E-state index in [1.807, 2.05) is 19.1 Å². The molecule has 0 saturated carbocycles. The number of hydrogen-bond acceptors (Lipinski definition) is 3. The minimum atomic E-state index is 0.0641. The van der Waals surface area contributed by atoms with Gasteiger partial charge in [-0.1, -0.05) is 34.8 Å². The van der Waals surface area contributed by atoms with E-state index in [1.165, 1.54) is 11.3 Å². The summed E-state index contributed by atoms with van der Waals surface area (Å²) in [6.07, 6.45) is 1.68. The summed E-state index contributed by atoms with van der Waals surface area (Å²) in [5.41, 5.74) is 1.87. The molecule has 0 radical (unpaired) electrons. The van der Waals surface area contributed by atoms with E-state index in [0.29, 0.717) is 13.8 Å². The van der Waals surface area contributed by atoms with Crippen molar-refractivity contribution in [3.8, 4) is 0 Å². The highest BCUT2D eigenvalue weighted by Gasteiger charge is 2.13. The van der Waals surface area contributed by atoms with Crippen LogP contribution in [0.5, 0.6) is 0 Å². The molecule has 0 fully saturated rings. The second-order valence-corrected chi connectivity index (χ2v) is 6.19. The molecule has 2 nitrogen and oxygen atoms in total. The van der Waals surface area contributed by atoms with Crippen molar-refractivity contribution in [2.75, 3.05) is 5.32 Å². The van der Waals surface area contributed by atoms with Crippen LogP contribution < -0.4 is 5.32 Å². The van der Waals surface area contributed by atoms with Crippen molar-refractivity contribution in [2.45, 2.75) is 13.0 Å². The van der Waals surface area contributed by atoms with Gasteiger partial charge in [-0.3, -0.25) is 0 Å². The van der Waals surface area contributed by atoms with Crippen LogP contribution in [0, 0.1) is 0 Å². The zero-order valence-corrected chi connectivity index (χ0v) is 12.0. The number of hydrogen-bond donors (Lipinski definition) is 1. The van der Waals surface area contributed by atoms with Crippen molar-refractivity contribution in [3.05, 3.63) is 43.8 Å². The van der Waals surface area contributed by atoms with Gasteiger partial charge in [0, 0.05) is 5.56 Å². The van der Waals surface area contributed by atoms with Crippen LogP contribution in [-0.2, 0) is 0 Å². The third-order valence-electron chi connectivity index (χ3n) is 2.26. The van der Waals surface area contributed by atoms with Crippen LogP contribution in [0.1, 0.15) is 18.5 Å². The first-order valence-corrected chi connectivity index (χ1v) is 6.84. The summed E-state index contributed by atoms with van der Waals surface area (Å²) in [5.74, 6) is 0. The summed E-state index contributed by atoms with van der Waals surface area (Å²) >= 11 is 19.1. The summed E-state index contributed by atoms with van der Waals surface area (Å²) < 4.78 is 1.39. The Labute approximate surface area is 119 Å². The number of halogens is 3. The number of thiophene rings is 1. The number of aromatic nitrogens is 1. The molecule has 1 atom stereocenters. The lowest BCUT2D eigenvalue weighted by Gasteiger charge is -2.14. The maximum Gasteiger partial charge on any atom is 0.129 e. The van der Waals surface area contributed by atoms with Gasteiger partial charge in [0.05, 0.1) is 26.6 Å². The maximum atomic E-state index is 6.09. The topological polar surface area (TPSA) is 24.9 Å². The molecule has 2 heterocycles. The molecule has 1 unspecified atom stereocenters. The van der Waals surface area contributed by atoms with Crippen molar-refractivity contribution in [2.24, 2.45) is 0 Å². The van der Waals surface area contributed by atoms with Crippen molar-refractivity contribution in [1.82, 2.24) is 4.98 Å². The molecule has 0 amide bonds. The smallest absolute Gasteiger partial charge is 0.129 e. The second-order valence-electron chi connectivity index (χ2n) is 3.52. The highest BCUT2D eigenvalue weighted by Crippen LogP contribution is 2.35. The van der Waals surface area contributed by atoms with Gasteiger partial charge in [0.25, 0.3) is 0 Å². The molecule has 6 heteroatoms. The SMILES string of the molecule is CC(Nc1ccc(Cl)nc1)c1cc(Cl)sc1Cl. The van der Waals surface area contributed by atoms with Gasteiger partial charge in [0.2, 0.25) is 0 Å². The number of nitrogens with one attached hydrogen (secondary N) is 1. The molecule has 1 N–H and O–H groups in total. The number of anilines is 1. The molecule has 0 bridgehead atoms. The maximum absolute atomic E-state index is 6.09. The first-order chi connectivity index (χ1) is 8.06. The molecule has 0 aliphatic carbocycles. The Hall–Kier alpha value is -0.480. The summed E-state index contributed by atoms with van der Waals surface area (Å²) in [7, 11) is 0. The van der Waals surface area contributed by atoms with E-state index in [1.54, 1.807) is 12.3 Å². The molecule has 2 aromatic rings. The van der Waals surface area contributed by atoms with Crippen LogP contribution in [0.4, 0.5) is 5.69 Å². The van der Waals surface area contributed by atoms with Gasteiger partial charge in [-0.15, -0.1) is 11.3 Å². The highest BCUT2D eigenvalue weighted by atomic mass is 35.5. The first-order valence-electron chi connectivity index (χ1n) is 4.89. The predicted octanol–water partition coefficient (Wildman–Crippen LogP) is 5.28. The van der Waals surface area contributed by atoms with E-state index >= 15 is 0 Å². The van der Waals surface area contributed by atoms with Crippen molar-refractivity contribution < 1.29 is 0 Å². The summed E-state index contributed by atoms with van der Waals surface area (Å²) in [5, 5.41) is 3.75. The molecule has 0 spiro atoms. The van der Waals surface area contributed by atoms with E-state index in [9.17, 15) is 0 Å². The van der Waals surface area contributed by atoms with Crippen molar-refractivity contribution in [1.29, 1.82) is 0 Å². The quantitative estimate of drug-likeness (QED) is 0.781. The molecule has 2 aromatic heterocycles. The van der Waals surface area contributed by atoms with Crippen LogP contribution >= 0.6 is 46.1 Å². The fourth-order valence-electron chi connectivity index (χ4n) is 1.44. The normalized spacial score (nSPS) is 12.5. The van der Waals surface area contributed by atoms with Crippen molar-refractivity contribution >= 4 is 51.8 Å². The van der Waals surface area contributed by atoms with Gasteiger partial charge in [-0.2, -0.15) is 0 Å².